The summed E-state index contributed by atoms with van der Waals surface area (Å²) in [6, 6.07) is -0.221. The largest absolute Gasteiger partial charge is 0.345 e. The molecule has 14 heavy (non-hydrogen) atoms. The van der Waals surface area contributed by atoms with Gasteiger partial charge in [0.15, 0.2) is 5.82 Å². The van der Waals surface area contributed by atoms with Crippen molar-refractivity contribution in [2.45, 2.75) is 13.0 Å². The topological polar surface area (TPSA) is 86.8 Å². The lowest BCUT2D eigenvalue weighted by molar-refractivity contribution is -0.122. The molecular weight excluding hydrogens is 184 g/mol. The van der Waals surface area contributed by atoms with Gasteiger partial charge in [0.25, 0.3) is 0 Å². The first-order chi connectivity index (χ1) is 6.59. The molecule has 7 heteroatoms. The van der Waals surface area contributed by atoms with E-state index < -0.39 is 0 Å². The summed E-state index contributed by atoms with van der Waals surface area (Å²) < 4.78 is 0. The Balaban J connectivity index is 2.41. The maximum atomic E-state index is 11.3. The van der Waals surface area contributed by atoms with Gasteiger partial charge in [-0.15, -0.1) is 10.2 Å². The highest BCUT2D eigenvalue weighted by atomic mass is 16.2. The highest BCUT2D eigenvalue weighted by molar-refractivity contribution is 5.78. The van der Waals surface area contributed by atoms with Crippen LogP contribution in [0.2, 0.25) is 0 Å². The second kappa shape index (κ2) is 4.66. The Morgan fingerprint density at radius 1 is 1.64 bits per heavy atom. The third kappa shape index (κ3) is 3.09. The van der Waals surface area contributed by atoms with Crippen LogP contribution in [0.1, 0.15) is 18.8 Å². The van der Waals surface area contributed by atoms with Crippen LogP contribution in [0, 0.1) is 0 Å². The Morgan fingerprint density at radius 2 is 2.36 bits per heavy atom. The van der Waals surface area contributed by atoms with E-state index in [1.165, 1.54) is 0 Å². The number of likely N-dealkylation sites (N-methyl/N-ethyl adjacent to an activating group) is 1. The monoisotopic (exact) mass is 198 g/mol. The zero-order chi connectivity index (χ0) is 10.6. The van der Waals surface area contributed by atoms with Gasteiger partial charge in [-0.25, -0.2) is 0 Å². The van der Waals surface area contributed by atoms with Crippen molar-refractivity contribution in [3.8, 4) is 0 Å². The zero-order valence-electron chi connectivity index (χ0n) is 8.48. The minimum Gasteiger partial charge on any atom is -0.345 e. The van der Waals surface area contributed by atoms with Crippen molar-refractivity contribution in [3.63, 3.8) is 0 Å². The molecule has 0 aliphatic carbocycles. The first-order valence-electron chi connectivity index (χ1n) is 4.27. The fourth-order valence-electron chi connectivity index (χ4n) is 0.992. The van der Waals surface area contributed by atoms with Crippen LogP contribution in [0.15, 0.2) is 0 Å². The molecule has 1 atom stereocenters. The van der Waals surface area contributed by atoms with Crippen LogP contribution in [0.4, 0.5) is 0 Å². The molecule has 1 amide bonds. The fourth-order valence-corrected chi connectivity index (χ4v) is 0.992. The third-order valence-corrected chi connectivity index (χ3v) is 1.59. The van der Waals surface area contributed by atoms with Gasteiger partial charge >= 0.3 is 0 Å². The number of rotatable bonds is 4. The molecule has 0 aromatic carbocycles. The molecule has 0 aliphatic rings. The number of amides is 1. The van der Waals surface area contributed by atoms with E-state index in [-0.39, 0.29) is 11.9 Å². The molecule has 0 bridgehead atoms. The predicted octanol–water partition coefficient (Wildman–Crippen LogP) is -1.06. The number of hydrogen-bond donors (Lipinski definition) is 2. The second-order valence-electron chi connectivity index (χ2n) is 3.30. The van der Waals surface area contributed by atoms with E-state index in [0.29, 0.717) is 12.4 Å². The molecule has 7 nitrogen and oxygen atoms in total. The van der Waals surface area contributed by atoms with Crippen LogP contribution in [-0.2, 0) is 4.79 Å². The van der Waals surface area contributed by atoms with E-state index in [4.69, 9.17) is 0 Å². The van der Waals surface area contributed by atoms with E-state index in [2.05, 4.69) is 25.9 Å². The number of aromatic amines is 1. The summed E-state index contributed by atoms with van der Waals surface area (Å²) in [6.45, 7) is 2.15. The van der Waals surface area contributed by atoms with E-state index in [9.17, 15) is 4.79 Å². The van der Waals surface area contributed by atoms with Gasteiger partial charge in [0.1, 0.15) is 0 Å². The van der Waals surface area contributed by atoms with Crippen LogP contribution in [-0.4, -0.2) is 52.1 Å². The molecule has 1 aromatic rings. The Hall–Kier alpha value is -1.50. The zero-order valence-corrected chi connectivity index (χ0v) is 8.48. The Labute approximate surface area is 81.9 Å². The van der Waals surface area contributed by atoms with Crippen LogP contribution < -0.4 is 5.32 Å². The van der Waals surface area contributed by atoms with Gasteiger partial charge in [-0.2, -0.15) is 5.21 Å². The van der Waals surface area contributed by atoms with Gasteiger partial charge in [0.2, 0.25) is 5.91 Å². The molecule has 0 radical (unpaired) electrons. The third-order valence-electron chi connectivity index (χ3n) is 1.59. The fraction of sp³-hybridized carbons (Fsp3) is 0.714. The summed E-state index contributed by atoms with van der Waals surface area (Å²) in [5.41, 5.74) is 0. The molecule has 1 aromatic heterocycles. The number of nitrogens with one attached hydrogen (secondary N) is 2. The summed E-state index contributed by atoms with van der Waals surface area (Å²) in [5, 5.41) is 16.0. The number of carbonyl (C=O) groups excluding carboxylic acids is 1. The maximum absolute atomic E-state index is 11.3. The highest BCUT2D eigenvalue weighted by Gasteiger charge is 2.13. The van der Waals surface area contributed by atoms with E-state index in [0.717, 1.165) is 0 Å². The molecule has 0 saturated heterocycles. The number of nitrogens with zero attached hydrogens (tertiary/aromatic N) is 4. The summed E-state index contributed by atoms with van der Waals surface area (Å²) >= 11 is 0. The van der Waals surface area contributed by atoms with E-state index in [1.54, 1.807) is 11.8 Å². The Morgan fingerprint density at radius 3 is 2.86 bits per heavy atom. The first-order valence-corrected chi connectivity index (χ1v) is 4.27. The standard InChI is InChI=1S/C7H14N6O/c1-5(7-9-11-12-10-7)8-6(14)4-13(2)3/h5H,4H2,1-3H3,(H,8,14)(H,9,10,11,12). The summed E-state index contributed by atoms with van der Waals surface area (Å²) in [7, 11) is 3.66. The maximum Gasteiger partial charge on any atom is 0.234 e. The molecule has 2 N–H and O–H groups in total. The number of H-pyrrole nitrogens is 1. The molecule has 0 fully saturated rings. The normalized spacial score (nSPS) is 12.9. The van der Waals surface area contributed by atoms with Crippen molar-refractivity contribution < 1.29 is 4.79 Å². The second-order valence-corrected chi connectivity index (χ2v) is 3.30. The summed E-state index contributed by atoms with van der Waals surface area (Å²) in [5.74, 6) is 0.421. The van der Waals surface area contributed by atoms with Gasteiger partial charge in [-0.3, -0.25) is 4.79 Å². The van der Waals surface area contributed by atoms with Gasteiger partial charge < -0.3 is 10.2 Å². The quantitative estimate of drug-likeness (QED) is 0.644. The minimum absolute atomic E-state index is 0.0627. The smallest absolute Gasteiger partial charge is 0.234 e. The van der Waals surface area contributed by atoms with Crippen LogP contribution in [0.3, 0.4) is 0 Å². The van der Waals surface area contributed by atoms with Crippen molar-refractivity contribution in [1.29, 1.82) is 0 Å². The average molecular weight is 198 g/mol. The van der Waals surface area contributed by atoms with Crippen molar-refractivity contribution in [1.82, 2.24) is 30.8 Å². The lowest BCUT2D eigenvalue weighted by Crippen LogP contribution is -2.35. The van der Waals surface area contributed by atoms with Gasteiger partial charge in [-0.05, 0) is 21.0 Å². The van der Waals surface area contributed by atoms with Crippen LogP contribution >= 0.6 is 0 Å². The van der Waals surface area contributed by atoms with Crippen molar-refractivity contribution in [3.05, 3.63) is 5.82 Å². The van der Waals surface area contributed by atoms with Crippen molar-refractivity contribution in [2.24, 2.45) is 0 Å². The molecule has 0 spiro atoms. The van der Waals surface area contributed by atoms with Gasteiger partial charge in [0, 0.05) is 0 Å². The molecule has 78 valence electrons. The first kappa shape index (κ1) is 10.6. The van der Waals surface area contributed by atoms with Crippen molar-refractivity contribution in [2.75, 3.05) is 20.6 Å². The minimum atomic E-state index is -0.221. The van der Waals surface area contributed by atoms with Crippen LogP contribution in [0.25, 0.3) is 0 Å². The lowest BCUT2D eigenvalue weighted by atomic mass is 10.3. The van der Waals surface area contributed by atoms with Crippen LogP contribution in [0.5, 0.6) is 0 Å². The number of carbonyl (C=O) groups is 1. The number of hydrogen-bond acceptors (Lipinski definition) is 5. The molecule has 1 unspecified atom stereocenters. The number of aromatic nitrogens is 4. The van der Waals surface area contributed by atoms with Gasteiger partial charge in [-0.1, -0.05) is 5.21 Å². The molecule has 0 saturated carbocycles. The predicted molar refractivity (Wildman–Crippen MR) is 49.3 cm³/mol. The summed E-state index contributed by atoms with van der Waals surface area (Å²) in [6.07, 6.45) is 0. The van der Waals surface area contributed by atoms with E-state index in [1.807, 2.05) is 14.1 Å². The Kier molecular flexibility index (Phi) is 3.52. The van der Waals surface area contributed by atoms with Gasteiger partial charge in [0.05, 0.1) is 12.6 Å². The Bertz CT molecular complexity index is 282. The van der Waals surface area contributed by atoms with E-state index >= 15 is 0 Å². The molecule has 0 aliphatic heterocycles. The summed E-state index contributed by atoms with van der Waals surface area (Å²) in [4.78, 5) is 13.1. The average Bonchev–Trinajstić information content (AvgIpc) is 2.53. The lowest BCUT2D eigenvalue weighted by Gasteiger charge is -2.12. The SMILES string of the molecule is CC(NC(=O)CN(C)C)c1nn[nH]n1. The molecule has 1 heterocycles. The number of tetrazole rings is 1. The van der Waals surface area contributed by atoms with Crippen molar-refractivity contribution >= 4 is 5.91 Å². The molecular formula is C7H14N6O. The highest BCUT2D eigenvalue weighted by Crippen LogP contribution is 2.02. The molecule has 1 rings (SSSR count).